The van der Waals surface area contributed by atoms with Gasteiger partial charge in [0.25, 0.3) is 5.82 Å². The molecule has 21 heavy (non-hydrogen) atoms. The molecule has 0 radical (unpaired) electrons. The smallest absolute Gasteiger partial charge is 0.437 e. The number of fused-ring (bicyclic) bond motifs is 1. The lowest BCUT2D eigenvalue weighted by Crippen LogP contribution is -2.32. The van der Waals surface area contributed by atoms with Gasteiger partial charge in [0.1, 0.15) is 0 Å². The van der Waals surface area contributed by atoms with Crippen LogP contribution < -0.4 is 9.30 Å². The molecule has 9 heteroatoms. The molecule has 3 rings (SSSR count). The molecule has 0 atom stereocenters. The minimum absolute atomic E-state index is 0.0976. The number of nitrogens with zero attached hydrogens (tertiary/aromatic N) is 5. The van der Waals surface area contributed by atoms with Crippen LogP contribution in [0.5, 0.6) is 6.01 Å². The Morgan fingerprint density at radius 3 is 2.90 bits per heavy atom. The van der Waals surface area contributed by atoms with Crippen LogP contribution in [0.1, 0.15) is 5.82 Å². The second-order valence-corrected chi connectivity index (χ2v) is 4.51. The lowest BCUT2D eigenvalue weighted by Gasteiger charge is -1.97. The molecule has 0 amide bonds. The summed E-state index contributed by atoms with van der Waals surface area (Å²) in [5.74, 6) is 0.343. The maximum atomic E-state index is 10.6. The molecule has 1 N–H and O–H groups in total. The average molecular weight is 289 g/mol. The van der Waals surface area contributed by atoms with E-state index < -0.39 is 10.9 Å². The van der Waals surface area contributed by atoms with Gasteiger partial charge < -0.3 is 14.9 Å². The molecule has 0 aliphatic carbocycles. The van der Waals surface area contributed by atoms with Crippen molar-refractivity contribution in [2.45, 2.75) is 6.61 Å². The average Bonchev–Trinajstić information content (AvgIpc) is 2.99. The molecule has 0 fully saturated rings. The number of benzene rings is 1. The molecule has 0 aliphatic heterocycles. The second-order valence-electron chi connectivity index (χ2n) is 4.51. The van der Waals surface area contributed by atoms with Crippen LogP contribution in [0.25, 0.3) is 11.0 Å². The minimum Gasteiger partial charge on any atom is -0.437 e. The first-order chi connectivity index (χ1) is 10.1. The molecule has 2 heterocycles. The van der Waals surface area contributed by atoms with E-state index in [1.165, 1.54) is 4.68 Å². The number of H-pyrrole nitrogens is 1. The molecule has 0 unspecified atom stereocenters. The first-order valence-corrected chi connectivity index (χ1v) is 6.20. The molecule has 108 valence electrons. The summed E-state index contributed by atoms with van der Waals surface area (Å²) in [5, 5.41) is 14.3. The van der Waals surface area contributed by atoms with E-state index in [1.807, 2.05) is 35.9 Å². The van der Waals surface area contributed by atoms with Crippen LogP contribution in [0.15, 0.2) is 24.3 Å². The second kappa shape index (κ2) is 4.85. The van der Waals surface area contributed by atoms with Crippen LogP contribution >= 0.6 is 0 Å². The van der Waals surface area contributed by atoms with Crippen LogP contribution in [0, 0.1) is 10.1 Å². The predicted octanol–water partition coefficient (Wildman–Crippen LogP) is 0.608. The zero-order valence-electron chi connectivity index (χ0n) is 11.5. The van der Waals surface area contributed by atoms with E-state index in [2.05, 4.69) is 15.1 Å². The van der Waals surface area contributed by atoms with Crippen molar-refractivity contribution in [3.63, 3.8) is 0 Å². The van der Waals surface area contributed by atoms with Crippen molar-refractivity contribution >= 4 is 17.0 Å². The van der Waals surface area contributed by atoms with E-state index in [0.29, 0.717) is 0 Å². The highest BCUT2D eigenvalue weighted by molar-refractivity contribution is 5.70. The highest BCUT2D eigenvalue weighted by Gasteiger charge is 2.22. The van der Waals surface area contributed by atoms with Gasteiger partial charge in [-0.25, -0.2) is 9.55 Å². The number of aromatic nitrogens is 5. The largest absolute Gasteiger partial charge is 0.494 e. The van der Waals surface area contributed by atoms with Crippen LogP contribution in [0.4, 0.5) is 5.95 Å². The number of hydrogen-bond acceptors (Lipinski definition) is 5. The number of ether oxygens (including phenoxy) is 1. The van der Waals surface area contributed by atoms with Crippen molar-refractivity contribution in [3.8, 4) is 6.01 Å². The third-order valence-corrected chi connectivity index (χ3v) is 3.16. The monoisotopic (exact) mass is 289 g/mol. The van der Waals surface area contributed by atoms with Gasteiger partial charge in [0.15, 0.2) is 17.6 Å². The lowest BCUT2D eigenvalue weighted by atomic mass is 10.3. The third-order valence-electron chi connectivity index (χ3n) is 3.16. The Kier molecular flexibility index (Phi) is 3.01. The number of aromatic amines is 1. The van der Waals surface area contributed by atoms with Crippen LogP contribution in [-0.2, 0) is 20.7 Å². The topological polar surface area (TPSA) is 103 Å². The van der Waals surface area contributed by atoms with Crippen molar-refractivity contribution in [2.75, 3.05) is 0 Å². The Labute approximate surface area is 118 Å². The Morgan fingerprint density at radius 1 is 1.48 bits per heavy atom. The number of para-hydroxylation sites is 2. The van der Waals surface area contributed by atoms with Gasteiger partial charge in [0.05, 0.1) is 14.1 Å². The fraction of sp³-hybridized carbons (Fsp3) is 0.250. The molecule has 2 aromatic heterocycles. The van der Waals surface area contributed by atoms with E-state index in [-0.39, 0.29) is 12.6 Å². The summed E-state index contributed by atoms with van der Waals surface area (Å²) in [6.07, 6.45) is 0. The summed E-state index contributed by atoms with van der Waals surface area (Å²) in [7, 11) is 3.46. The van der Waals surface area contributed by atoms with Gasteiger partial charge in [-0.2, -0.15) is 0 Å². The zero-order valence-corrected chi connectivity index (χ0v) is 11.5. The Balaban J connectivity index is 1.83. The van der Waals surface area contributed by atoms with Gasteiger partial charge in [0.2, 0.25) is 0 Å². The van der Waals surface area contributed by atoms with Crippen molar-refractivity contribution in [1.29, 1.82) is 0 Å². The van der Waals surface area contributed by atoms with Gasteiger partial charge in [-0.15, -0.1) is 4.68 Å². The number of nitrogens with one attached hydrogen (secondary N) is 1. The third kappa shape index (κ3) is 2.29. The number of imidazole rings is 1. The molecule has 9 nitrogen and oxygen atoms in total. The Bertz CT molecular complexity index is 822. The minimum atomic E-state index is -0.657. The first kappa shape index (κ1) is 13.0. The first-order valence-electron chi connectivity index (χ1n) is 6.20. The standard InChI is InChI=1S/C12H12N6O3/c1-16-9-6-4-3-5-8(9)13-10(16)7-21-12-14-11(18(19)20)15-17(12)2/h3-6H,7H2,1-2H3/p+1. The van der Waals surface area contributed by atoms with Gasteiger partial charge in [0, 0.05) is 5.10 Å². The lowest BCUT2D eigenvalue weighted by molar-refractivity contribution is -0.654. The highest BCUT2D eigenvalue weighted by atomic mass is 16.6. The normalized spacial score (nSPS) is 11.0. The molecule has 0 aliphatic rings. The van der Waals surface area contributed by atoms with E-state index in [9.17, 15) is 10.1 Å². The molecule has 0 bridgehead atoms. The van der Waals surface area contributed by atoms with Crippen molar-refractivity contribution in [2.24, 2.45) is 14.1 Å². The predicted molar refractivity (Wildman–Crippen MR) is 71.5 cm³/mol. The van der Waals surface area contributed by atoms with E-state index in [4.69, 9.17) is 4.74 Å². The highest BCUT2D eigenvalue weighted by Crippen LogP contribution is 2.13. The van der Waals surface area contributed by atoms with Gasteiger partial charge in [-0.1, -0.05) is 12.1 Å². The maximum absolute atomic E-state index is 10.6. The number of hydrogen-bond donors (Lipinski definition) is 1. The summed E-state index contributed by atoms with van der Waals surface area (Å²) in [6.45, 7) is 0.203. The molecule has 0 spiro atoms. The summed E-state index contributed by atoms with van der Waals surface area (Å²) >= 11 is 0. The maximum Gasteiger partial charge on any atom is 0.494 e. The van der Waals surface area contributed by atoms with E-state index >= 15 is 0 Å². The van der Waals surface area contributed by atoms with Gasteiger partial charge >= 0.3 is 12.0 Å². The van der Waals surface area contributed by atoms with Crippen LogP contribution in [0.3, 0.4) is 0 Å². The number of aryl methyl sites for hydroxylation is 2. The van der Waals surface area contributed by atoms with E-state index in [1.54, 1.807) is 7.05 Å². The summed E-state index contributed by atoms with van der Waals surface area (Å²) in [4.78, 5) is 16.9. The van der Waals surface area contributed by atoms with Crippen LogP contribution in [0.2, 0.25) is 0 Å². The van der Waals surface area contributed by atoms with Crippen molar-refractivity contribution in [1.82, 2.24) is 19.7 Å². The Morgan fingerprint density at radius 2 is 2.24 bits per heavy atom. The number of nitro groups is 1. The fourth-order valence-corrected chi connectivity index (χ4v) is 2.08. The molecule has 0 saturated heterocycles. The Hall–Kier alpha value is -2.97. The van der Waals surface area contributed by atoms with Gasteiger partial charge in [-0.3, -0.25) is 0 Å². The summed E-state index contributed by atoms with van der Waals surface area (Å²) in [5.41, 5.74) is 2.03. The molecule has 0 saturated carbocycles. The molecular formula is C12H13N6O3+. The van der Waals surface area contributed by atoms with E-state index in [0.717, 1.165) is 16.9 Å². The summed E-state index contributed by atoms with van der Waals surface area (Å²) in [6, 6.07) is 7.94. The molecule has 3 aromatic rings. The van der Waals surface area contributed by atoms with Crippen molar-refractivity contribution < 1.29 is 14.2 Å². The zero-order chi connectivity index (χ0) is 15.0. The van der Waals surface area contributed by atoms with Gasteiger partial charge in [-0.05, 0) is 22.0 Å². The molecular weight excluding hydrogens is 276 g/mol. The summed E-state index contributed by atoms with van der Waals surface area (Å²) < 4.78 is 8.69. The fourth-order valence-electron chi connectivity index (χ4n) is 2.08. The quantitative estimate of drug-likeness (QED) is 0.430. The number of rotatable bonds is 4. The van der Waals surface area contributed by atoms with Crippen LogP contribution in [-0.4, -0.2) is 24.7 Å². The molecule has 1 aromatic carbocycles. The SMILES string of the molecule is Cn1nc([N+](=O)[O-])nc1OCc1[nH]c2ccccc2[n+]1C. The van der Waals surface area contributed by atoms with Crippen molar-refractivity contribution in [3.05, 3.63) is 40.2 Å².